The Kier molecular flexibility index (Phi) is 8.83. The van der Waals surface area contributed by atoms with Crippen molar-refractivity contribution in [1.29, 1.82) is 0 Å². The molecule has 0 aliphatic rings. The van der Waals surface area contributed by atoms with Crippen molar-refractivity contribution < 1.29 is 19.0 Å². The molecule has 4 rings (SSSR count). The Bertz CT molecular complexity index is 1210. The smallest absolute Gasteiger partial charge is 0.227 e. The van der Waals surface area contributed by atoms with Crippen molar-refractivity contribution in [2.24, 2.45) is 0 Å². The van der Waals surface area contributed by atoms with E-state index in [-0.39, 0.29) is 12.7 Å². The van der Waals surface area contributed by atoms with E-state index in [0.29, 0.717) is 36.3 Å². The summed E-state index contributed by atoms with van der Waals surface area (Å²) in [7, 11) is 0. The largest absolute Gasteiger partial charge is 0.468 e. The van der Waals surface area contributed by atoms with Crippen LogP contribution in [-0.2, 0) is 17.8 Å². The van der Waals surface area contributed by atoms with Crippen molar-refractivity contribution in [3.8, 4) is 17.3 Å². The van der Waals surface area contributed by atoms with Gasteiger partial charge in [0.2, 0.25) is 5.88 Å². The van der Waals surface area contributed by atoms with Crippen LogP contribution in [0.1, 0.15) is 30.9 Å². The van der Waals surface area contributed by atoms with Crippen molar-refractivity contribution in [2.45, 2.75) is 46.1 Å². The van der Waals surface area contributed by atoms with E-state index in [1.54, 1.807) is 18.4 Å². The molecule has 0 radical (unpaired) electrons. The van der Waals surface area contributed by atoms with E-state index in [0.717, 1.165) is 22.7 Å². The Labute approximate surface area is 216 Å². The summed E-state index contributed by atoms with van der Waals surface area (Å²) >= 11 is 6.08. The minimum Gasteiger partial charge on any atom is -0.468 e. The topological polar surface area (TPSA) is 72.9 Å². The zero-order chi connectivity index (χ0) is 25.5. The van der Waals surface area contributed by atoms with E-state index in [1.807, 2.05) is 80.1 Å². The minimum absolute atomic E-state index is 0.0453. The summed E-state index contributed by atoms with van der Waals surface area (Å²) in [5.41, 5.74) is 2.64. The van der Waals surface area contributed by atoms with Crippen molar-refractivity contribution in [3.63, 3.8) is 0 Å². The lowest BCUT2D eigenvalue weighted by molar-refractivity contribution is -0.0114. The van der Waals surface area contributed by atoms with Crippen molar-refractivity contribution in [1.82, 2.24) is 14.7 Å². The van der Waals surface area contributed by atoms with Gasteiger partial charge < -0.3 is 19.0 Å². The average molecular weight is 510 g/mol. The summed E-state index contributed by atoms with van der Waals surface area (Å²) in [6.45, 7) is 7.52. The van der Waals surface area contributed by atoms with Crippen LogP contribution < -0.4 is 4.74 Å². The Morgan fingerprint density at radius 2 is 1.78 bits per heavy atom. The molecule has 36 heavy (non-hydrogen) atoms. The highest BCUT2D eigenvalue weighted by atomic mass is 35.5. The normalized spacial score (nSPS) is 12.4. The first kappa shape index (κ1) is 26.0. The monoisotopic (exact) mass is 509 g/mol. The first-order valence-electron chi connectivity index (χ1n) is 12.0. The van der Waals surface area contributed by atoms with Crippen LogP contribution in [0.2, 0.25) is 5.02 Å². The number of hydrogen-bond acceptors (Lipinski definition) is 6. The quantitative estimate of drug-likeness (QED) is 0.252. The molecule has 0 saturated carbocycles. The fourth-order valence-electron chi connectivity index (χ4n) is 3.87. The lowest BCUT2D eigenvalue weighted by atomic mass is 10.2. The summed E-state index contributed by atoms with van der Waals surface area (Å²) < 4.78 is 19.4. The number of hydrogen-bond donors (Lipinski definition) is 1. The number of benzene rings is 2. The second kappa shape index (κ2) is 12.2. The number of aryl methyl sites for hydroxylation is 1. The average Bonchev–Trinajstić information content (AvgIpc) is 3.48. The number of nitrogens with zero attached hydrogens (tertiary/aromatic N) is 3. The highest BCUT2D eigenvalue weighted by Crippen LogP contribution is 2.32. The first-order valence-corrected chi connectivity index (χ1v) is 12.4. The third-order valence-electron chi connectivity index (χ3n) is 5.60. The Morgan fingerprint density at radius 1 is 1.03 bits per heavy atom. The van der Waals surface area contributed by atoms with Gasteiger partial charge in [-0.2, -0.15) is 5.10 Å². The molecule has 0 spiro atoms. The van der Waals surface area contributed by atoms with Gasteiger partial charge in [-0.05, 0) is 69.3 Å². The molecule has 7 nitrogen and oxygen atoms in total. The van der Waals surface area contributed by atoms with Gasteiger partial charge in [0.1, 0.15) is 11.5 Å². The number of para-hydroxylation sites is 1. The molecule has 2 aromatic carbocycles. The molecule has 1 atom stereocenters. The molecule has 190 valence electrons. The van der Waals surface area contributed by atoms with Crippen LogP contribution in [0.3, 0.4) is 0 Å². The molecule has 0 saturated heterocycles. The summed E-state index contributed by atoms with van der Waals surface area (Å²) in [6, 6.07) is 20.9. The van der Waals surface area contributed by atoms with Gasteiger partial charge in [0, 0.05) is 18.1 Å². The van der Waals surface area contributed by atoms with E-state index in [4.69, 9.17) is 30.6 Å². The molecule has 0 fully saturated rings. The predicted octanol–water partition coefficient (Wildman–Crippen LogP) is 6.01. The van der Waals surface area contributed by atoms with Gasteiger partial charge in [-0.1, -0.05) is 29.8 Å². The highest BCUT2D eigenvalue weighted by molar-refractivity contribution is 6.30. The second-order valence-electron chi connectivity index (χ2n) is 8.96. The molecule has 4 aromatic rings. The van der Waals surface area contributed by atoms with Gasteiger partial charge in [0.25, 0.3) is 0 Å². The maximum absolute atomic E-state index is 10.7. The van der Waals surface area contributed by atoms with Crippen molar-refractivity contribution in [3.05, 3.63) is 95.0 Å². The molecule has 0 unspecified atom stereocenters. The second-order valence-corrected chi connectivity index (χ2v) is 9.39. The maximum atomic E-state index is 10.7. The van der Waals surface area contributed by atoms with Crippen molar-refractivity contribution in [2.75, 3.05) is 13.2 Å². The summed E-state index contributed by atoms with van der Waals surface area (Å²) in [4.78, 5) is 2.11. The van der Waals surface area contributed by atoms with Crippen LogP contribution in [-0.4, -0.2) is 45.1 Å². The van der Waals surface area contributed by atoms with Gasteiger partial charge in [0.15, 0.2) is 0 Å². The summed E-state index contributed by atoms with van der Waals surface area (Å²) in [6.07, 6.45) is 1.04. The van der Waals surface area contributed by atoms with Gasteiger partial charge in [-0.25, -0.2) is 4.68 Å². The van der Waals surface area contributed by atoms with Gasteiger partial charge in [-0.15, -0.1) is 0 Å². The lowest BCUT2D eigenvalue weighted by Crippen LogP contribution is -2.35. The van der Waals surface area contributed by atoms with Crippen LogP contribution in [0.25, 0.3) is 5.69 Å². The van der Waals surface area contributed by atoms with E-state index >= 15 is 0 Å². The number of aliphatic hydroxyl groups excluding tert-OH is 1. The van der Waals surface area contributed by atoms with E-state index < -0.39 is 6.10 Å². The Morgan fingerprint density at radius 3 is 2.44 bits per heavy atom. The van der Waals surface area contributed by atoms with Crippen LogP contribution in [0, 0.1) is 6.92 Å². The fourth-order valence-corrected chi connectivity index (χ4v) is 4.00. The Balaban J connectivity index is 1.67. The number of furan rings is 1. The molecule has 0 amide bonds. The molecule has 0 aliphatic heterocycles. The van der Waals surface area contributed by atoms with E-state index in [9.17, 15) is 5.11 Å². The lowest BCUT2D eigenvalue weighted by Gasteiger charge is -2.25. The standard InChI is InChI=1S/C28H32ClN3O4/c1-20(2)35-19-24(33)16-31(17-26-10-7-15-34-26)18-27-21(3)30-32(23-8-5-4-6-9-23)28(27)36-25-13-11-22(29)12-14-25/h4-15,20,24,33H,16-19H2,1-3H3/t24-/m0/s1. The Hall–Kier alpha value is -3.10. The van der Waals surface area contributed by atoms with Gasteiger partial charge >= 0.3 is 0 Å². The van der Waals surface area contributed by atoms with Crippen LogP contribution in [0.4, 0.5) is 0 Å². The third kappa shape index (κ3) is 6.98. The fraction of sp³-hybridized carbons (Fsp3) is 0.321. The predicted molar refractivity (Wildman–Crippen MR) is 140 cm³/mol. The number of ether oxygens (including phenoxy) is 2. The molecule has 8 heteroatoms. The zero-order valence-electron chi connectivity index (χ0n) is 20.8. The zero-order valence-corrected chi connectivity index (χ0v) is 21.6. The number of rotatable bonds is 12. The van der Waals surface area contributed by atoms with E-state index in [1.165, 1.54) is 0 Å². The first-order chi connectivity index (χ1) is 17.4. The molecule has 2 heterocycles. The third-order valence-corrected chi connectivity index (χ3v) is 5.85. The molecule has 2 aromatic heterocycles. The molecular weight excluding hydrogens is 478 g/mol. The number of aliphatic hydroxyl groups is 1. The van der Waals surface area contributed by atoms with Crippen LogP contribution in [0.15, 0.2) is 77.4 Å². The van der Waals surface area contributed by atoms with Crippen LogP contribution in [0.5, 0.6) is 11.6 Å². The summed E-state index contributed by atoms with van der Waals surface area (Å²) in [5, 5.41) is 16.1. The molecule has 0 bridgehead atoms. The number of halogens is 1. The summed E-state index contributed by atoms with van der Waals surface area (Å²) in [5.74, 6) is 2.07. The molecular formula is C28H32ClN3O4. The minimum atomic E-state index is -0.660. The SMILES string of the molecule is Cc1nn(-c2ccccc2)c(Oc2ccc(Cl)cc2)c1CN(Cc1ccco1)C[C@H](O)COC(C)C. The highest BCUT2D eigenvalue weighted by Gasteiger charge is 2.23. The van der Waals surface area contributed by atoms with E-state index in [2.05, 4.69) is 4.90 Å². The molecule has 1 N–H and O–H groups in total. The number of aromatic nitrogens is 2. The molecule has 0 aliphatic carbocycles. The van der Waals surface area contributed by atoms with Crippen molar-refractivity contribution >= 4 is 11.6 Å². The maximum Gasteiger partial charge on any atom is 0.227 e. The van der Waals surface area contributed by atoms with Crippen LogP contribution >= 0.6 is 11.6 Å². The van der Waals surface area contributed by atoms with Gasteiger partial charge in [-0.3, -0.25) is 4.90 Å². The van der Waals surface area contributed by atoms with Gasteiger partial charge in [0.05, 0.1) is 48.6 Å².